The van der Waals surface area contributed by atoms with Gasteiger partial charge in [0, 0.05) is 20.1 Å². The lowest BCUT2D eigenvalue weighted by Crippen LogP contribution is -2.40. The van der Waals surface area contributed by atoms with Gasteiger partial charge in [0.2, 0.25) is 5.89 Å². The van der Waals surface area contributed by atoms with Crippen LogP contribution in [-0.2, 0) is 6.54 Å². The fraction of sp³-hybridized carbons (Fsp3) is 0.750. The number of nitrogens with zero attached hydrogens (tertiary/aromatic N) is 4. The maximum absolute atomic E-state index is 5.07. The van der Waals surface area contributed by atoms with E-state index in [0.29, 0.717) is 23.7 Å². The molecule has 1 aromatic heterocycles. The van der Waals surface area contributed by atoms with Gasteiger partial charge >= 0.3 is 0 Å². The van der Waals surface area contributed by atoms with E-state index in [-0.39, 0.29) is 24.0 Å². The molecule has 0 unspecified atom stereocenters. The Morgan fingerprint density at radius 2 is 2.26 bits per heavy atom. The molecule has 0 aliphatic carbocycles. The van der Waals surface area contributed by atoms with Gasteiger partial charge in [0.25, 0.3) is 0 Å². The van der Waals surface area contributed by atoms with Gasteiger partial charge in [-0.1, -0.05) is 19.0 Å². The normalized spacial score (nSPS) is 18.3. The number of hydrogen-bond donors (Lipinski definition) is 1. The van der Waals surface area contributed by atoms with Gasteiger partial charge in [-0.3, -0.25) is 4.99 Å². The van der Waals surface area contributed by atoms with Crippen LogP contribution in [0.3, 0.4) is 0 Å². The van der Waals surface area contributed by atoms with Crippen molar-refractivity contribution in [3.8, 4) is 0 Å². The average molecular weight is 379 g/mol. The van der Waals surface area contributed by atoms with Crippen LogP contribution in [0.2, 0.25) is 0 Å². The lowest BCUT2D eigenvalue weighted by Gasteiger charge is -2.23. The lowest BCUT2D eigenvalue weighted by atomic mass is 9.93. The van der Waals surface area contributed by atoms with E-state index >= 15 is 0 Å². The Morgan fingerprint density at radius 3 is 2.74 bits per heavy atom. The zero-order valence-electron chi connectivity index (χ0n) is 11.9. The number of halogens is 1. The summed E-state index contributed by atoms with van der Waals surface area (Å²) in [6.45, 7) is 8.95. The Labute approximate surface area is 131 Å². The van der Waals surface area contributed by atoms with Crippen molar-refractivity contribution < 1.29 is 4.52 Å². The first-order chi connectivity index (χ1) is 8.50. The standard InChI is InChI=1S/C12H21N5O.HI/c1-9-15-10(18-16-9)7-14-11(13-4)17-6-5-12(2,3)8-17;/h5-8H2,1-4H3,(H,13,14);1H. The summed E-state index contributed by atoms with van der Waals surface area (Å²) in [7, 11) is 1.80. The first-order valence-corrected chi connectivity index (χ1v) is 6.25. The molecule has 7 heteroatoms. The summed E-state index contributed by atoms with van der Waals surface area (Å²) in [6, 6.07) is 0. The molecule has 0 aromatic carbocycles. The topological polar surface area (TPSA) is 66.5 Å². The van der Waals surface area contributed by atoms with E-state index in [4.69, 9.17) is 4.52 Å². The first kappa shape index (κ1) is 16.2. The van der Waals surface area contributed by atoms with Crippen molar-refractivity contribution in [3.63, 3.8) is 0 Å². The number of rotatable bonds is 2. The zero-order valence-corrected chi connectivity index (χ0v) is 14.3. The van der Waals surface area contributed by atoms with Crippen LogP contribution in [-0.4, -0.2) is 41.1 Å². The minimum atomic E-state index is 0. The second-order valence-corrected chi connectivity index (χ2v) is 5.47. The molecule has 0 atom stereocenters. The van der Waals surface area contributed by atoms with E-state index < -0.39 is 0 Å². The average Bonchev–Trinajstić information content (AvgIpc) is 2.86. The van der Waals surface area contributed by atoms with E-state index in [0.717, 1.165) is 19.0 Å². The molecular formula is C12H22IN5O. The Balaban J connectivity index is 0.00000180. The summed E-state index contributed by atoms with van der Waals surface area (Å²) in [5.41, 5.74) is 0.360. The largest absolute Gasteiger partial charge is 0.347 e. The summed E-state index contributed by atoms with van der Waals surface area (Å²) in [5.74, 6) is 2.15. The van der Waals surface area contributed by atoms with Crippen molar-refractivity contribution in [2.75, 3.05) is 20.1 Å². The highest BCUT2D eigenvalue weighted by Gasteiger charge is 2.30. The molecule has 19 heavy (non-hydrogen) atoms. The van der Waals surface area contributed by atoms with Crippen LogP contribution >= 0.6 is 24.0 Å². The van der Waals surface area contributed by atoms with Crippen LogP contribution in [0.5, 0.6) is 0 Å². The zero-order chi connectivity index (χ0) is 13.2. The minimum Gasteiger partial charge on any atom is -0.347 e. The Hall–Kier alpha value is -0.860. The second-order valence-electron chi connectivity index (χ2n) is 5.47. The van der Waals surface area contributed by atoms with Gasteiger partial charge in [0.15, 0.2) is 11.8 Å². The smallest absolute Gasteiger partial charge is 0.246 e. The fourth-order valence-corrected chi connectivity index (χ4v) is 2.19. The molecule has 1 aliphatic heterocycles. The number of nitrogens with one attached hydrogen (secondary N) is 1. The Kier molecular flexibility index (Phi) is 5.57. The van der Waals surface area contributed by atoms with Crippen LogP contribution in [0.15, 0.2) is 9.52 Å². The third kappa shape index (κ3) is 4.32. The molecule has 2 rings (SSSR count). The summed E-state index contributed by atoms with van der Waals surface area (Å²) < 4.78 is 5.07. The van der Waals surface area contributed by atoms with Crippen LogP contribution in [0, 0.1) is 12.3 Å². The van der Waals surface area contributed by atoms with Crippen LogP contribution in [0.1, 0.15) is 32.0 Å². The van der Waals surface area contributed by atoms with Gasteiger partial charge in [0.05, 0.1) is 6.54 Å². The second kappa shape index (κ2) is 6.53. The number of hydrogen-bond acceptors (Lipinski definition) is 4. The predicted molar refractivity (Wildman–Crippen MR) is 84.6 cm³/mol. The van der Waals surface area contributed by atoms with Crippen molar-refractivity contribution in [3.05, 3.63) is 11.7 Å². The van der Waals surface area contributed by atoms with Crippen molar-refractivity contribution in [1.29, 1.82) is 0 Å². The van der Waals surface area contributed by atoms with Gasteiger partial charge in [-0.05, 0) is 18.8 Å². The molecule has 2 heterocycles. The molecule has 1 aromatic rings. The van der Waals surface area contributed by atoms with Crippen LogP contribution in [0.4, 0.5) is 0 Å². The Bertz CT molecular complexity index is 443. The number of aryl methyl sites for hydroxylation is 1. The Morgan fingerprint density at radius 1 is 1.53 bits per heavy atom. The number of guanidine groups is 1. The molecule has 108 valence electrons. The van der Waals surface area contributed by atoms with Gasteiger partial charge in [-0.25, -0.2) is 0 Å². The maximum Gasteiger partial charge on any atom is 0.246 e. The molecule has 0 spiro atoms. The number of likely N-dealkylation sites (tertiary alicyclic amines) is 1. The summed E-state index contributed by atoms with van der Waals surface area (Å²) >= 11 is 0. The molecular weight excluding hydrogens is 357 g/mol. The third-order valence-corrected chi connectivity index (χ3v) is 3.16. The van der Waals surface area contributed by atoms with Crippen molar-refractivity contribution in [2.24, 2.45) is 10.4 Å². The van der Waals surface area contributed by atoms with Gasteiger partial charge < -0.3 is 14.7 Å². The third-order valence-electron chi connectivity index (χ3n) is 3.16. The molecule has 0 amide bonds. The van der Waals surface area contributed by atoms with Crippen molar-refractivity contribution in [2.45, 2.75) is 33.7 Å². The maximum atomic E-state index is 5.07. The van der Waals surface area contributed by atoms with E-state index in [9.17, 15) is 0 Å². The first-order valence-electron chi connectivity index (χ1n) is 6.25. The minimum absolute atomic E-state index is 0. The molecule has 0 radical (unpaired) electrons. The predicted octanol–water partition coefficient (Wildman–Crippen LogP) is 1.80. The van der Waals surface area contributed by atoms with E-state index in [1.54, 1.807) is 7.05 Å². The number of aliphatic imine (C=N–C) groups is 1. The van der Waals surface area contributed by atoms with Crippen LogP contribution in [0.25, 0.3) is 0 Å². The summed E-state index contributed by atoms with van der Waals surface area (Å²) in [5, 5.41) is 7.02. The van der Waals surface area contributed by atoms with E-state index in [1.165, 1.54) is 6.42 Å². The highest BCUT2D eigenvalue weighted by atomic mass is 127. The number of aromatic nitrogens is 2. The summed E-state index contributed by atoms with van der Waals surface area (Å²) in [4.78, 5) is 10.7. The highest BCUT2D eigenvalue weighted by molar-refractivity contribution is 14.0. The molecule has 1 aliphatic rings. The molecule has 0 saturated carbocycles. The molecule has 1 N–H and O–H groups in total. The monoisotopic (exact) mass is 379 g/mol. The molecule has 6 nitrogen and oxygen atoms in total. The van der Waals surface area contributed by atoms with Gasteiger partial charge in [-0.2, -0.15) is 4.98 Å². The van der Waals surface area contributed by atoms with Crippen molar-refractivity contribution in [1.82, 2.24) is 20.4 Å². The summed E-state index contributed by atoms with van der Waals surface area (Å²) in [6.07, 6.45) is 1.19. The SMILES string of the molecule is CN=C(NCc1nc(C)no1)N1CCC(C)(C)C1.I. The van der Waals surface area contributed by atoms with Crippen molar-refractivity contribution >= 4 is 29.9 Å². The molecule has 0 bridgehead atoms. The van der Waals surface area contributed by atoms with Crippen LogP contribution < -0.4 is 5.32 Å². The lowest BCUT2D eigenvalue weighted by molar-refractivity contribution is 0.358. The quantitative estimate of drug-likeness (QED) is 0.482. The molecule has 1 saturated heterocycles. The fourth-order valence-electron chi connectivity index (χ4n) is 2.19. The van der Waals surface area contributed by atoms with E-state index in [1.807, 2.05) is 6.92 Å². The highest BCUT2D eigenvalue weighted by Crippen LogP contribution is 2.28. The molecule has 1 fully saturated rings. The van der Waals surface area contributed by atoms with Gasteiger partial charge in [-0.15, -0.1) is 24.0 Å². The van der Waals surface area contributed by atoms with Gasteiger partial charge in [0.1, 0.15) is 0 Å². The van der Waals surface area contributed by atoms with E-state index in [2.05, 4.69) is 39.2 Å².